The summed E-state index contributed by atoms with van der Waals surface area (Å²) in [4.78, 5) is 0.500. The maximum absolute atomic E-state index is 10.4. The van der Waals surface area contributed by atoms with E-state index in [0.29, 0.717) is 10.7 Å². The minimum atomic E-state index is -0.540. The lowest BCUT2D eigenvalue weighted by atomic mass is 9.61. The van der Waals surface area contributed by atoms with Crippen molar-refractivity contribution in [1.82, 2.24) is 0 Å². The number of aliphatic hydroxyl groups is 1. The molecule has 0 saturated heterocycles. The van der Waals surface area contributed by atoms with Crippen molar-refractivity contribution in [3.05, 3.63) is 12.7 Å². The van der Waals surface area contributed by atoms with Gasteiger partial charge in [-0.2, -0.15) is 0 Å². The van der Waals surface area contributed by atoms with Gasteiger partial charge in [0.15, 0.2) is 0 Å². The summed E-state index contributed by atoms with van der Waals surface area (Å²) in [5.74, 6) is 0.297. The molecule has 1 aliphatic rings. The Balaban J connectivity index is 2.93. The second-order valence-electron chi connectivity index (χ2n) is 5.26. The normalized spacial score (nSPS) is 42.1. The van der Waals surface area contributed by atoms with E-state index < -0.39 is 5.60 Å². The van der Waals surface area contributed by atoms with E-state index in [2.05, 4.69) is 36.4 Å². The molecule has 0 spiro atoms. The van der Waals surface area contributed by atoms with Crippen molar-refractivity contribution in [2.75, 3.05) is 0 Å². The number of alkyl halides is 1. The monoisotopic (exact) mass is 260 g/mol. The average Bonchev–Trinajstić information content (AvgIpc) is 2.07. The Bertz CT molecular complexity index is 220. The predicted octanol–water partition coefficient (Wildman–Crippen LogP) is 3.51. The van der Waals surface area contributed by atoms with Gasteiger partial charge in [0.05, 0.1) is 5.60 Å². The first-order valence-corrected chi connectivity index (χ1v) is 6.21. The summed E-state index contributed by atoms with van der Waals surface area (Å²) in [5.41, 5.74) is -0.405. The zero-order valence-corrected chi connectivity index (χ0v) is 11.0. The van der Waals surface area contributed by atoms with Crippen LogP contribution in [0.15, 0.2) is 12.7 Å². The number of allylic oxidation sites excluding steroid dienone is 1. The van der Waals surface area contributed by atoms with Crippen LogP contribution in [0, 0.1) is 11.3 Å². The Morgan fingerprint density at radius 3 is 2.57 bits per heavy atom. The summed E-state index contributed by atoms with van der Waals surface area (Å²) < 4.78 is 0. The van der Waals surface area contributed by atoms with Gasteiger partial charge in [0.2, 0.25) is 0 Å². The third kappa shape index (κ3) is 2.06. The van der Waals surface area contributed by atoms with E-state index in [4.69, 9.17) is 0 Å². The molecule has 0 aromatic rings. The summed E-state index contributed by atoms with van der Waals surface area (Å²) >= 11 is 3.73. The molecule has 1 nitrogen and oxygen atoms in total. The average molecular weight is 261 g/mol. The fraction of sp³-hybridized carbons (Fsp3) is 0.833. The molecule has 1 fully saturated rings. The minimum Gasteiger partial charge on any atom is -0.390 e. The van der Waals surface area contributed by atoms with Crippen molar-refractivity contribution < 1.29 is 5.11 Å². The highest BCUT2D eigenvalue weighted by Crippen LogP contribution is 2.50. The zero-order chi connectivity index (χ0) is 11.0. The van der Waals surface area contributed by atoms with Crippen LogP contribution in [0.4, 0.5) is 0 Å². The van der Waals surface area contributed by atoms with Gasteiger partial charge in [-0.05, 0) is 37.5 Å². The first-order chi connectivity index (χ1) is 6.32. The van der Waals surface area contributed by atoms with Crippen molar-refractivity contribution in [2.24, 2.45) is 11.3 Å². The first-order valence-electron chi connectivity index (χ1n) is 5.29. The standard InChI is InChI=1S/C12H21BrO/c1-5-6-9-11(2,3)10(13)7-8-12(9,4)14/h5,9-10,14H,1,6-8H2,2-4H3/t9-,10-,12-/m0/s1. The molecule has 3 atom stereocenters. The predicted molar refractivity (Wildman–Crippen MR) is 64.7 cm³/mol. The highest BCUT2D eigenvalue weighted by molar-refractivity contribution is 9.09. The number of hydrogen-bond acceptors (Lipinski definition) is 1. The lowest BCUT2D eigenvalue weighted by Gasteiger charge is -2.50. The molecule has 0 heterocycles. The van der Waals surface area contributed by atoms with Crippen molar-refractivity contribution in [3.63, 3.8) is 0 Å². The van der Waals surface area contributed by atoms with Gasteiger partial charge in [0.1, 0.15) is 0 Å². The fourth-order valence-electron chi connectivity index (χ4n) is 2.71. The van der Waals surface area contributed by atoms with Gasteiger partial charge < -0.3 is 5.11 Å². The highest BCUT2D eigenvalue weighted by atomic mass is 79.9. The molecule has 0 bridgehead atoms. The molecule has 0 radical (unpaired) electrons. The fourth-order valence-corrected chi connectivity index (χ4v) is 3.26. The smallest absolute Gasteiger partial charge is 0.0656 e. The van der Waals surface area contributed by atoms with E-state index in [9.17, 15) is 5.11 Å². The van der Waals surface area contributed by atoms with Crippen molar-refractivity contribution >= 4 is 15.9 Å². The number of halogens is 1. The van der Waals surface area contributed by atoms with Gasteiger partial charge in [-0.15, -0.1) is 6.58 Å². The van der Waals surface area contributed by atoms with Gasteiger partial charge >= 0.3 is 0 Å². The van der Waals surface area contributed by atoms with Crippen LogP contribution in [0.25, 0.3) is 0 Å². The molecule has 0 amide bonds. The van der Waals surface area contributed by atoms with Crippen LogP contribution < -0.4 is 0 Å². The second-order valence-corrected chi connectivity index (χ2v) is 6.37. The molecule has 1 aliphatic carbocycles. The van der Waals surface area contributed by atoms with Crippen molar-refractivity contribution in [2.45, 2.75) is 50.5 Å². The van der Waals surface area contributed by atoms with E-state index in [1.54, 1.807) is 0 Å². The van der Waals surface area contributed by atoms with Crippen molar-refractivity contribution in [1.29, 1.82) is 0 Å². The topological polar surface area (TPSA) is 20.2 Å². The summed E-state index contributed by atoms with van der Waals surface area (Å²) in [6.45, 7) is 10.2. The summed E-state index contributed by atoms with van der Waals surface area (Å²) in [6.07, 6.45) is 4.74. The summed E-state index contributed by atoms with van der Waals surface area (Å²) in [7, 11) is 0. The van der Waals surface area contributed by atoms with Crippen molar-refractivity contribution in [3.8, 4) is 0 Å². The third-order valence-electron chi connectivity index (χ3n) is 3.76. The molecule has 1 rings (SSSR count). The maximum atomic E-state index is 10.4. The quantitative estimate of drug-likeness (QED) is 0.595. The van der Waals surface area contributed by atoms with Crippen LogP contribution >= 0.6 is 15.9 Å². The van der Waals surface area contributed by atoms with Gasteiger partial charge in [0.25, 0.3) is 0 Å². The molecule has 0 aliphatic heterocycles. The number of hydrogen-bond donors (Lipinski definition) is 1. The van der Waals surface area contributed by atoms with Crippen LogP contribution in [-0.2, 0) is 0 Å². The van der Waals surface area contributed by atoms with Crippen LogP contribution in [0.2, 0.25) is 0 Å². The van der Waals surface area contributed by atoms with Crippen LogP contribution in [-0.4, -0.2) is 15.5 Å². The Hall–Kier alpha value is 0.180. The van der Waals surface area contributed by atoms with E-state index in [-0.39, 0.29) is 5.41 Å². The summed E-state index contributed by atoms with van der Waals surface area (Å²) in [5, 5.41) is 10.4. The zero-order valence-electron chi connectivity index (χ0n) is 9.39. The van der Waals surface area contributed by atoms with Gasteiger partial charge in [0, 0.05) is 4.83 Å². The molecule has 14 heavy (non-hydrogen) atoms. The Morgan fingerprint density at radius 1 is 1.50 bits per heavy atom. The Kier molecular flexibility index (Phi) is 3.48. The van der Waals surface area contributed by atoms with Gasteiger partial charge in [-0.1, -0.05) is 35.9 Å². The highest BCUT2D eigenvalue weighted by Gasteiger charge is 2.48. The molecule has 2 heteroatoms. The number of rotatable bonds is 2. The molecule has 1 saturated carbocycles. The summed E-state index contributed by atoms with van der Waals surface area (Å²) in [6, 6.07) is 0. The molecule has 1 N–H and O–H groups in total. The molecule has 0 unspecified atom stereocenters. The molecule has 0 aromatic heterocycles. The van der Waals surface area contributed by atoms with E-state index in [1.165, 1.54) is 0 Å². The third-order valence-corrected chi connectivity index (χ3v) is 5.40. The van der Waals surface area contributed by atoms with Gasteiger partial charge in [-0.3, -0.25) is 0 Å². The van der Waals surface area contributed by atoms with Gasteiger partial charge in [-0.25, -0.2) is 0 Å². The van der Waals surface area contributed by atoms with E-state index in [0.717, 1.165) is 19.3 Å². The minimum absolute atomic E-state index is 0.135. The maximum Gasteiger partial charge on any atom is 0.0656 e. The molecule has 0 aromatic carbocycles. The molecular formula is C12H21BrO. The molecule has 82 valence electrons. The van der Waals surface area contributed by atoms with Crippen LogP contribution in [0.1, 0.15) is 40.0 Å². The molecular weight excluding hydrogens is 240 g/mol. The Morgan fingerprint density at radius 2 is 2.07 bits per heavy atom. The first kappa shape index (κ1) is 12.3. The SMILES string of the molecule is C=CC[C@H]1C(C)(C)[C@@H](Br)CC[C@]1(C)O. The lowest BCUT2D eigenvalue weighted by Crippen LogP contribution is -2.51. The lowest BCUT2D eigenvalue weighted by molar-refractivity contribution is -0.0830. The Labute approximate surface area is 95.7 Å². The largest absolute Gasteiger partial charge is 0.390 e. The van der Waals surface area contributed by atoms with E-state index >= 15 is 0 Å². The van der Waals surface area contributed by atoms with Crippen LogP contribution in [0.3, 0.4) is 0 Å². The van der Waals surface area contributed by atoms with E-state index in [1.807, 2.05) is 13.0 Å². The van der Waals surface area contributed by atoms with Crippen LogP contribution in [0.5, 0.6) is 0 Å². The second kappa shape index (κ2) is 3.97.